The minimum absolute atomic E-state index is 0.0185. The van der Waals surface area contributed by atoms with Gasteiger partial charge >= 0.3 is 5.97 Å². The maximum atomic E-state index is 11.3. The molecule has 0 N–H and O–H groups in total. The summed E-state index contributed by atoms with van der Waals surface area (Å²) in [6.45, 7) is 4.00. The van der Waals surface area contributed by atoms with Crippen molar-refractivity contribution in [2.75, 3.05) is 19.8 Å². The molecule has 0 aliphatic heterocycles. The third kappa shape index (κ3) is 4.68. The Hall–Kier alpha value is -2.44. The van der Waals surface area contributed by atoms with Crippen LogP contribution in [0.3, 0.4) is 0 Å². The van der Waals surface area contributed by atoms with Crippen LogP contribution in [0.15, 0.2) is 29.3 Å². The zero-order chi connectivity index (χ0) is 15.0. The van der Waals surface area contributed by atoms with E-state index in [1.54, 1.807) is 13.8 Å². The lowest BCUT2D eigenvalue weighted by Crippen LogP contribution is -2.13. The summed E-state index contributed by atoms with van der Waals surface area (Å²) in [5.74, 6) is -0.193. The number of benzene rings is 1. The van der Waals surface area contributed by atoms with Crippen molar-refractivity contribution in [3.05, 3.63) is 39.9 Å². The Kier molecular flexibility index (Phi) is 6.15. The molecule has 0 aromatic heterocycles. The van der Waals surface area contributed by atoms with Crippen LogP contribution in [-0.2, 0) is 14.3 Å². The van der Waals surface area contributed by atoms with E-state index in [2.05, 4.69) is 4.99 Å². The van der Waals surface area contributed by atoms with E-state index in [1.165, 1.54) is 24.3 Å². The average molecular weight is 280 g/mol. The Morgan fingerprint density at radius 2 is 1.80 bits per heavy atom. The van der Waals surface area contributed by atoms with Crippen molar-refractivity contribution in [2.45, 2.75) is 13.8 Å². The smallest absolute Gasteiger partial charge is 0.327 e. The number of aliphatic imine (C=N–C) groups is 1. The fourth-order valence-corrected chi connectivity index (χ4v) is 1.43. The van der Waals surface area contributed by atoms with Crippen molar-refractivity contribution in [1.82, 2.24) is 0 Å². The molecule has 0 bridgehead atoms. The minimum atomic E-state index is -0.486. The Morgan fingerprint density at radius 1 is 1.20 bits per heavy atom. The highest BCUT2D eigenvalue weighted by atomic mass is 16.6. The molecule has 7 heteroatoms. The highest BCUT2D eigenvalue weighted by molar-refractivity contribution is 5.95. The Balaban J connectivity index is 2.86. The number of nitro groups is 1. The largest absolute Gasteiger partial charge is 0.478 e. The maximum Gasteiger partial charge on any atom is 0.327 e. The van der Waals surface area contributed by atoms with E-state index < -0.39 is 10.9 Å². The van der Waals surface area contributed by atoms with E-state index in [4.69, 9.17) is 9.47 Å². The molecule has 0 fully saturated rings. The number of rotatable bonds is 6. The van der Waals surface area contributed by atoms with Crippen LogP contribution in [0.1, 0.15) is 19.4 Å². The topological polar surface area (TPSA) is 91.0 Å². The van der Waals surface area contributed by atoms with E-state index in [0.29, 0.717) is 12.2 Å². The third-order valence-corrected chi connectivity index (χ3v) is 2.26. The van der Waals surface area contributed by atoms with E-state index in [1.807, 2.05) is 0 Å². The van der Waals surface area contributed by atoms with E-state index >= 15 is 0 Å². The van der Waals surface area contributed by atoms with E-state index in [0.717, 1.165) is 0 Å². The fraction of sp³-hybridized carbons (Fsp3) is 0.385. The molecule has 1 aromatic rings. The molecule has 0 radical (unpaired) electrons. The molecule has 0 aliphatic carbocycles. The van der Waals surface area contributed by atoms with Gasteiger partial charge < -0.3 is 9.47 Å². The molecule has 0 saturated heterocycles. The van der Waals surface area contributed by atoms with Crippen molar-refractivity contribution in [2.24, 2.45) is 4.99 Å². The summed E-state index contributed by atoms with van der Waals surface area (Å²) in [5.41, 5.74) is 0.553. The molecular weight excluding hydrogens is 264 g/mol. The normalized spacial score (nSPS) is 11.0. The van der Waals surface area contributed by atoms with Crippen LogP contribution in [0.2, 0.25) is 0 Å². The third-order valence-electron chi connectivity index (χ3n) is 2.26. The molecule has 1 aromatic carbocycles. The van der Waals surface area contributed by atoms with Crippen molar-refractivity contribution >= 4 is 17.6 Å². The first-order chi connectivity index (χ1) is 9.58. The van der Waals surface area contributed by atoms with Gasteiger partial charge in [-0.1, -0.05) is 0 Å². The molecule has 108 valence electrons. The first-order valence-corrected chi connectivity index (χ1v) is 6.16. The van der Waals surface area contributed by atoms with Crippen molar-refractivity contribution in [3.8, 4) is 0 Å². The molecule has 1 rings (SSSR count). The van der Waals surface area contributed by atoms with Gasteiger partial charge in [0.2, 0.25) is 5.90 Å². The van der Waals surface area contributed by atoms with Gasteiger partial charge in [0, 0.05) is 17.7 Å². The van der Waals surface area contributed by atoms with Gasteiger partial charge in [-0.25, -0.2) is 4.99 Å². The first kappa shape index (κ1) is 15.6. The van der Waals surface area contributed by atoms with Gasteiger partial charge in [0.1, 0.15) is 6.54 Å². The summed E-state index contributed by atoms with van der Waals surface area (Å²) in [6, 6.07) is 5.76. The van der Waals surface area contributed by atoms with Gasteiger partial charge in [-0.3, -0.25) is 14.9 Å². The highest BCUT2D eigenvalue weighted by Gasteiger charge is 2.10. The zero-order valence-corrected chi connectivity index (χ0v) is 11.4. The Morgan fingerprint density at radius 3 is 2.30 bits per heavy atom. The summed E-state index contributed by atoms with van der Waals surface area (Å²) >= 11 is 0. The highest BCUT2D eigenvalue weighted by Crippen LogP contribution is 2.13. The number of carbonyl (C=O) groups excluding carboxylic acids is 1. The summed E-state index contributed by atoms with van der Waals surface area (Å²) in [5, 5.41) is 10.6. The average Bonchev–Trinajstić information content (AvgIpc) is 2.44. The van der Waals surface area contributed by atoms with Crippen LogP contribution in [0, 0.1) is 10.1 Å². The van der Waals surface area contributed by atoms with Crippen LogP contribution < -0.4 is 0 Å². The number of ether oxygens (including phenoxy) is 2. The summed E-state index contributed by atoms with van der Waals surface area (Å²) in [7, 11) is 0. The van der Waals surface area contributed by atoms with Gasteiger partial charge in [0.15, 0.2) is 0 Å². The molecule has 0 atom stereocenters. The lowest BCUT2D eigenvalue weighted by Gasteiger charge is -2.07. The molecule has 0 unspecified atom stereocenters. The molecule has 0 heterocycles. The standard InChI is InChI=1S/C13H16N2O5/c1-3-19-12(16)9-14-13(20-4-2)10-5-7-11(8-6-10)15(17)18/h5-8H,3-4,9H2,1-2H3. The maximum absolute atomic E-state index is 11.3. The second-order valence-corrected chi connectivity index (χ2v) is 3.66. The number of hydrogen-bond donors (Lipinski definition) is 0. The molecule has 0 saturated carbocycles. The lowest BCUT2D eigenvalue weighted by molar-refractivity contribution is -0.384. The SMILES string of the molecule is CCOC(=O)CN=C(OCC)c1ccc([N+](=O)[O-])cc1. The Bertz CT molecular complexity index is 496. The summed E-state index contributed by atoms with van der Waals surface area (Å²) < 4.78 is 10.1. The minimum Gasteiger partial charge on any atom is -0.478 e. The van der Waals surface area contributed by atoms with Crippen molar-refractivity contribution in [3.63, 3.8) is 0 Å². The molecule has 0 amide bonds. The van der Waals surface area contributed by atoms with Gasteiger partial charge in [-0.15, -0.1) is 0 Å². The number of non-ortho nitro benzene ring substituents is 1. The number of nitrogens with zero attached hydrogens (tertiary/aromatic N) is 2. The van der Waals surface area contributed by atoms with Gasteiger partial charge in [-0.2, -0.15) is 0 Å². The number of hydrogen-bond acceptors (Lipinski definition) is 6. The fourth-order valence-electron chi connectivity index (χ4n) is 1.43. The number of carbonyl (C=O) groups is 1. The van der Waals surface area contributed by atoms with Gasteiger partial charge in [-0.05, 0) is 26.0 Å². The molecule has 0 spiro atoms. The van der Waals surface area contributed by atoms with Crippen LogP contribution >= 0.6 is 0 Å². The quantitative estimate of drug-likeness (QED) is 0.261. The predicted molar refractivity (Wildman–Crippen MR) is 72.8 cm³/mol. The second kappa shape index (κ2) is 7.88. The van der Waals surface area contributed by atoms with Crippen molar-refractivity contribution < 1.29 is 19.2 Å². The van der Waals surface area contributed by atoms with Crippen LogP contribution in [0.4, 0.5) is 5.69 Å². The molecular formula is C13H16N2O5. The summed E-state index contributed by atoms with van der Waals surface area (Å²) in [4.78, 5) is 25.4. The molecule has 0 aliphatic rings. The monoisotopic (exact) mass is 280 g/mol. The summed E-state index contributed by atoms with van der Waals surface area (Å²) in [6.07, 6.45) is 0. The van der Waals surface area contributed by atoms with Gasteiger partial charge in [0.25, 0.3) is 5.69 Å². The van der Waals surface area contributed by atoms with Crippen molar-refractivity contribution in [1.29, 1.82) is 0 Å². The Labute approximate surface area is 116 Å². The zero-order valence-electron chi connectivity index (χ0n) is 11.4. The van der Waals surface area contributed by atoms with Crippen LogP contribution in [0.25, 0.3) is 0 Å². The number of esters is 1. The lowest BCUT2D eigenvalue weighted by atomic mass is 10.2. The second-order valence-electron chi connectivity index (χ2n) is 3.66. The first-order valence-electron chi connectivity index (χ1n) is 6.16. The predicted octanol–water partition coefficient (Wildman–Crippen LogP) is 1.94. The van der Waals surface area contributed by atoms with Gasteiger partial charge in [0.05, 0.1) is 18.1 Å². The van der Waals surface area contributed by atoms with Crippen LogP contribution in [0.5, 0.6) is 0 Å². The van der Waals surface area contributed by atoms with E-state index in [9.17, 15) is 14.9 Å². The number of nitro benzene ring substituents is 1. The van der Waals surface area contributed by atoms with E-state index in [-0.39, 0.29) is 24.7 Å². The van der Waals surface area contributed by atoms with Crippen LogP contribution in [-0.4, -0.2) is 36.5 Å². The molecule has 7 nitrogen and oxygen atoms in total. The molecule has 20 heavy (non-hydrogen) atoms.